The largest absolute Gasteiger partial charge is 0.306 e. The zero-order chi connectivity index (χ0) is 15.4. The number of halogens is 2. The molecule has 21 heavy (non-hydrogen) atoms. The van der Waals surface area contributed by atoms with Gasteiger partial charge in [-0.2, -0.15) is 0 Å². The van der Waals surface area contributed by atoms with Crippen molar-refractivity contribution in [2.45, 2.75) is 33.2 Å². The van der Waals surface area contributed by atoms with Gasteiger partial charge in [0.25, 0.3) is 0 Å². The van der Waals surface area contributed by atoms with Crippen LogP contribution in [0.5, 0.6) is 0 Å². The van der Waals surface area contributed by atoms with Crippen LogP contribution in [0.1, 0.15) is 41.6 Å². The van der Waals surface area contributed by atoms with E-state index in [0.29, 0.717) is 5.02 Å². The fourth-order valence-electron chi connectivity index (χ4n) is 2.56. The molecule has 1 unspecified atom stereocenters. The van der Waals surface area contributed by atoms with Crippen LogP contribution in [-0.2, 0) is 0 Å². The van der Waals surface area contributed by atoms with Gasteiger partial charge in [-0.25, -0.2) is 0 Å². The lowest BCUT2D eigenvalue weighted by Gasteiger charge is -2.23. The Kier molecular flexibility index (Phi) is 5.69. The number of hydrogen-bond donors (Lipinski definition) is 1. The average molecular weight is 322 g/mol. The summed E-state index contributed by atoms with van der Waals surface area (Å²) in [5, 5.41) is 5.04. The minimum atomic E-state index is 0.0664. The molecule has 0 radical (unpaired) electrons. The Balaban J connectivity index is 2.49. The van der Waals surface area contributed by atoms with Crippen molar-refractivity contribution in [3.63, 3.8) is 0 Å². The van der Waals surface area contributed by atoms with Crippen LogP contribution in [0.15, 0.2) is 36.4 Å². The van der Waals surface area contributed by atoms with E-state index in [1.54, 1.807) is 0 Å². The van der Waals surface area contributed by atoms with Gasteiger partial charge in [0.2, 0.25) is 0 Å². The number of rotatable bonds is 5. The van der Waals surface area contributed by atoms with Gasteiger partial charge in [-0.05, 0) is 61.7 Å². The molecule has 0 aliphatic carbocycles. The second-order valence-electron chi connectivity index (χ2n) is 5.41. The maximum atomic E-state index is 6.40. The molecule has 3 heteroatoms. The van der Waals surface area contributed by atoms with Crippen molar-refractivity contribution in [3.8, 4) is 0 Å². The summed E-state index contributed by atoms with van der Waals surface area (Å²) in [5.41, 5.74) is 4.81. The molecule has 2 aromatic carbocycles. The van der Waals surface area contributed by atoms with Crippen LogP contribution < -0.4 is 5.32 Å². The Morgan fingerprint density at radius 2 is 1.76 bits per heavy atom. The zero-order valence-electron chi connectivity index (χ0n) is 12.7. The van der Waals surface area contributed by atoms with Crippen LogP contribution in [0.2, 0.25) is 10.0 Å². The molecule has 0 saturated carbocycles. The first kappa shape index (κ1) is 16.4. The topological polar surface area (TPSA) is 12.0 Å². The quantitative estimate of drug-likeness (QED) is 0.744. The van der Waals surface area contributed by atoms with Gasteiger partial charge < -0.3 is 5.32 Å². The van der Waals surface area contributed by atoms with Crippen molar-refractivity contribution in [2.24, 2.45) is 0 Å². The first-order valence-corrected chi connectivity index (χ1v) is 8.04. The molecule has 0 aliphatic rings. The van der Waals surface area contributed by atoms with Crippen LogP contribution in [0, 0.1) is 13.8 Å². The summed E-state index contributed by atoms with van der Waals surface area (Å²) in [7, 11) is 0. The number of nitrogens with one attached hydrogen (secondary N) is 1. The first-order valence-electron chi connectivity index (χ1n) is 7.28. The highest BCUT2D eigenvalue weighted by atomic mass is 35.5. The van der Waals surface area contributed by atoms with Crippen molar-refractivity contribution < 1.29 is 0 Å². The van der Waals surface area contributed by atoms with Gasteiger partial charge in [0, 0.05) is 10.0 Å². The van der Waals surface area contributed by atoms with E-state index in [2.05, 4.69) is 44.3 Å². The van der Waals surface area contributed by atoms with Crippen LogP contribution in [-0.4, -0.2) is 6.54 Å². The minimum Gasteiger partial charge on any atom is -0.306 e. The lowest BCUT2D eigenvalue weighted by atomic mass is 9.93. The summed E-state index contributed by atoms with van der Waals surface area (Å²) in [6, 6.07) is 12.2. The van der Waals surface area contributed by atoms with E-state index >= 15 is 0 Å². The van der Waals surface area contributed by atoms with Crippen molar-refractivity contribution in [3.05, 3.63) is 68.7 Å². The van der Waals surface area contributed by atoms with Gasteiger partial charge in [0.1, 0.15) is 0 Å². The molecule has 0 heterocycles. The molecule has 112 valence electrons. The standard InChI is InChI=1S/C18H21Cl2N/c1-4-9-21-18(15-7-5-12(2)10-13(15)3)16-11-14(19)6-8-17(16)20/h5-8,10-11,18,21H,4,9H2,1-3H3. The molecule has 0 aromatic heterocycles. The van der Waals surface area contributed by atoms with Crippen molar-refractivity contribution in [2.75, 3.05) is 6.54 Å². The first-order chi connectivity index (χ1) is 10.0. The Bertz CT molecular complexity index is 623. The summed E-state index contributed by atoms with van der Waals surface area (Å²) in [5.74, 6) is 0. The highest BCUT2D eigenvalue weighted by Crippen LogP contribution is 2.32. The summed E-state index contributed by atoms with van der Waals surface area (Å²) in [6.07, 6.45) is 1.07. The molecule has 1 nitrogen and oxygen atoms in total. The highest BCUT2D eigenvalue weighted by Gasteiger charge is 2.18. The molecule has 2 rings (SSSR count). The Morgan fingerprint density at radius 3 is 2.43 bits per heavy atom. The lowest BCUT2D eigenvalue weighted by Crippen LogP contribution is -2.24. The van der Waals surface area contributed by atoms with Crippen molar-refractivity contribution >= 4 is 23.2 Å². The van der Waals surface area contributed by atoms with E-state index in [9.17, 15) is 0 Å². The third-order valence-corrected chi connectivity index (χ3v) is 4.18. The van der Waals surface area contributed by atoms with E-state index in [-0.39, 0.29) is 6.04 Å². The van der Waals surface area contributed by atoms with Gasteiger partial charge in [-0.15, -0.1) is 0 Å². The van der Waals surface area contributed by atoms with E-state index in [4.69, 9.17) is 23.2 Å². The normalized spacial score (nSPS) is 12.4. The monoisotopic (exact) mass is 321 g/mol. The molecule has 0 saturated heterocycles. The summed E-state index contributed by atoms with van der Waals surface area (Å²) < 4.78 is 0. The number of hydrogen-bond acceptors (Lipinski definition) is 1. The van der Waals surface area contributed by atoms with Crippen LogP contribution >= 0.6 is 23.2 Å². The highest BCUT2D eigenvalue weighted by molar-refractivity contribution is 6.33. The fourth-order valence-corrected chi connectivity index (χ4v) is 2.97. The smallest absolute Gasteiger partial charge is 0.0594 e. The number of aryl methyl sites for hydroxylation is 2. The van der Waals surface area contributed by atoms with Crippen LogP contribution in [0.4, 0.5) is 0 Å². The summed E-state index contributed by atoms with van der Waals surface area (Å²) in [6.45, 7) is 7.34. The van der Waals surface area contributed by atoms with Gasteiger partial charge in [-0.3, -0.25) is 0 Å². The molecule has 1 atom stereocenters. The van der Waals surface area contributed by atoms with Crippen LogP contribution in [0.3, 0.4) is 0 Å². The molecule has 0 bridgehead atoms. The SMILES string of the molecule is CCCNC(c1ccc(C)cc1C)c1cc(Cl)ccc1Cl. The predicted molar refractivity (Wildman–Crippen MR) is 92.5 cm³/mol. The maximum Gasteiger partial charge on any atom is 0.0594 e. The van der Waals surface area contributed by atoms with Crippen molar-refractivity contribution in [1.82, 2.24) is 5.32 Å². The third kappa shape index (κ3) is 4.00. The van der Waals surface area contributed by atoms with Gasteiger partial charge in [0.05, 0.1) is 6.04 Å². The van der Waals surface area contributed by atoms with Crippen molar-refractivity contribution in [1.29, 1.82) is 0 Å². The van der Waals surface area contributed by atoms with E-state index < -0.39 is 0 Å². The Hall–Kier alpha value is -1.02. The Morgan fingerprint density at radius 1 is 1.00 bits per heavy atom. The lowest BCUT2D eigenvalue weighted by molar-refractivity contribution is 0.596. The zero-order valence-corrected chi connectivity index (χ0v) is 14.2. The fraction of sp³-hybridized carbons (Fsp3) is 0.333. The molecule has 0 aliphatic heterocycles. The molecule has 0 spiro atoms. The second-order valence-corrected chi connectivity index (χ2v) is 6.26. The van der Waals surface area contributed by atoms with E-state index in [0.717, 1.165) is 23.6 Å². The van der Waals surface area contributed by atoms with E-state index in [1.807, 2.05) is 18.2 Å². The maximum absolute atomic E-state index is 6.40. The summed E-state index contributed by atoms with van der Waals surface area (Å²) >= 11 is 12.6. The minimum absolute atomic E-state index is 0.0664. The molecule has 0 fully saturated rings. The third-order valence-electron chi connectivity index (χ3n) is 3.60. The molecular weight excluding hydrogens is 301 g/mol. The molecule has 0 amide bonds. The van der Waals surface area contributed by atoms with Gasteiger partial charge in [0.15, 0.2) is 0 Å². The van der Waals surface area contributed by atoms with E-state index in [1.165, 1.54) is 16.7 Å². The van der Waals surface area contributed by atoms with Gasteiger partial charge >= 0.3 is 0 Å². The Labute approximate surface area is 137 Å². The van der Waals surface area contributed by atoms with Gasteiger partial charge in [-0.1, -0.05) is 53.9 Å². The molecule has 2 aromatic rings. The predicted octanol–water partition coefficient (Wildman–Crippen LogP) is 5.70. The molecule has 1 N–H and O–H groups in total. The van der Waals surface area contributed by atoms with Crippen LogP contribution in [0.25, 0.3) is 0 Å². The second kappa shape index (κ2) is 7.31. The molecular formula is C18H21Cl2N. The number of benzene rings is 2. The average Bonchev–Trinajstić information content (AvgIpc) is 2.44. The summed E-state index contributed by atoms with van der Waals surface area (Å²) in [4.78, 5) is 0.